The normalized spacial score (nSPS) is 11.7. The van der Waals surface area contributed by atoms with E-state index in [4.69, 9.17) is 21.4 Å². The highest BCUT2D eigenvalue weighted by molar-refractivity contribution is 6.32. The Morgan fingerprint density at radius 1 is 1.44 bits per heavy atom. The average Bonchev–Trinajstić information content (AvgIpc) is 2.31. The van der Waals surface area contributed by atoms with Crippen molar-refractivity contribution in [3.05, 3.63) is 29.3 Å². The molecule has 1 atom stereocenters. The lowest BCUT2D eigenvalue weighted by molar-refractivity contribution is -0.141. The molecule has 0 heterocycles. The van der Waals surface area contributed by atoms with Crippen LogP contribution in [0.15, 0.2) is 24.3 Å². The van der Waals surface area contributed by atoms with Crippen LogP contribution in [0.1, 0.15) is 13.3 Å². The van der Waals surface area contributed by atoms with E-state index in [1.165, 1.54) is 6.92 Å². The Labute approximate surface area is 110 Å². The maximum absolute atomic E-state index is 11.3. The first kappa shape index (κ1) is 14.3. The molecular weight excluding hydrogens is 258 g/mol. The fourth-order valence-electron chi connectivity index (χ4n) is 1.19. The van der Waals surface area contributed by atoms with Crippen molar-refractivity contribution in [3.63, 3.8) is 0 Å². The van der Waals surface area contributed by atoms with Gasteiger partial charge in [0.15, 0.2) is 0 Å². The number of para-hydroxylation sites is 1. The van der Waals surface area contributed by atoms with Crippen LogP contribution in [0.3, 0.4) is 0 Å². The molecule has 0 aliphatic carbocycles. The Bertz CT molecular complexity index is 436. The first-order valence-corrected chi connectivity index (χ1v) is 5.78. The maximum Gasteiger partial charge on any atom is 0.325 e. The van der Waals surface area contributed by atoms with Crippen LogP contribution in [0.25, 0.3) is 0 Å². The molecule has 0 aliphatic heterocycles. The Morgan fingerprint density at radius 3 is 2.72 bits per heavy atom. The van der Waals surface area contributed by atoms with Crippen molar-refractivity contribution in [3.8, 4) is 5.75 Å². The molecule has 0 spiro atoms. The van der Waals surface area contributed by atoms with Gasteiger partial charge in [-0.1, -0.05) is 23.7 Å². The monoisotopic (exact) mass is 271 g/mol. The number of hydrogen-bond donors (Lipinski definition) is 2. The van der Waals surface area contributed by atoms with Gasteiger partial charge in [0.1, 0.15) is 11.8 Å². The third kappa shape index (κ3) is 4.63. The zero-order chi connectivity index (χ0) is 13.5. The summed E-state index contributed by atoms with van der Waals surface area (Å²) < 4.78 is 5.31. The number of benzene rings is 1. The Hall–Kier alpha value is -1.75. The quantitative estimate of drug-likeness (QED) is 0.826. The minimum absolute atomic E-state index is 0.0723. The molecule has 1 amide bonds. The minimum Gasteiger partial charge on any atom is -0.491 e. The van der Waals surface area contributed by atoms with Gasteiger partial charge in [-0.15, -0.1) is 0 Å². The number of carbonyl (C=O) groups is 2. The second-order valence-corrected chi connectivity index (χ2v) is 4.06. The van der Waals surface area contributed by atoms with Crippen molar-refractivity contribution in [2.45, 2.75) is 19.4 Å². The van der Waals surface area contributed by atoms with Gasteiger partial charge in [-0.3, -0.25) is 9.59 Å². The molecule has 2 N–H and O–H groups in total. The Morgan fingerprint density at radius 2 is 2.11 bits per heavy atom. The Balaban J connectivity index is 2.32. The summed E-state index contributed by atoms with van der Waals surface area (Å²) in [5.74, 6) is -0.953. The SMILES string of the molecule is C[C@@H](NC(=O)CCOc1ccccc1Cl)C(=O)O. The smallest absolute Gasteiger partial charge is 0.325 e. The number of ether oxygens (including phenoxy) is 1. The molecule has 0 aliphatic rings. The topological polar surface area (TPSA) is 75.6 Å². The van der Waals surface area contributed by atoms with E-state index >= 15 is 0 Å². The van der Waals surface area contributed by atoms with Gasteiger partial charge in [0.2, 0.25) is 5.91 Å². The van der Waals surface area contributed by atoms with Crippen LogP contribution >= 0.6 is 11.6 Å². The van der Waals surface area contributed by atoms with Gasteiger partial charge in [-0.05, 0) is 19.1 Å². The average molecular weight is 272 g/mol. The van der Waals surface area contributed by atoms with E-state index in [-0.39, 0.29) is 18.9 Å². The molecule has 6 heteroatoms. The second-order valence-electron chi connectivity index (χ2n) is 3.66. The molecule has 0 aromatic heterocycles. The van der Waals surface area contributed by atoms with E-state index in [1.807, 2.05) is 0 Å². The van der Waals surface area contributed by atoms with Crippen molar-refractivity contribution in [1.29, 1.82) is 0 Å². The van der Waals surface area contributed by atoms with Crippen LogP contribution in [0.2, 0.25) is 5.02 Å². The molecule has 0 unspecified atom stereocenters. The largest absolute Gasteiger partial charge is 0.491 e. The van der Waals surface area contributed by atoms with E-state index < -0.39 is 12.0 Å². The summed E-state index contributed by atoms with van der Waals surface area (Å²) in [7, 11) is 0. The summed E-state index contributed by atoms with van der Waals surface area (Å²) in [6.45, 7) is 1.54. The van der Waals surface area contributed by atoms with E-state index in [0.717, 1.165) is 0 Å². The zero-order valence-corrected chi connectivity index (χ0v) is 10.6. The molecule has 5 nitrogen and oxygen atoms in total. The first-order chi connectivity index (χ1) is 8.50. The van der Waals surface area contributed by atoms with Crippen LogP contribution in [-0.4, -0.2) is 29.6 Å². The number of carboxylic acid groups (broad SMARTS) is 1. The number of hydrogen-bond acceptors (Lipinski definition) is 3. The van der Waals surface area contributed by atoms with E-state index in [1.54, 1.807) is 24.3 Å². The van der Waals surface area contributed by atoms with Crippen LogP contribution in [0.5, 0.6) is 5.75 Å². The van der Waals surface area contributed by atoms with Gasteiger partial charge in [0.05, 0.1) is 18.1 Å². The van der Waals surface area contributed by atoms with Crippen molar-refractivity contribution in [2.24, 2.45) is 0 Å². The minimum atomic E-state index is -1.07. The maximum atomic E-state index is 11.3. The van der Waals surface area contributed by atoms with Crippen LogP contribution in [0, 0.1) is 0 Å². The molecule has 98 valence electrons. The molecule has 1 rings (SSSR count). The van der Waals surface area contributed by atoms with Crippen molar-refractivity contribution < 1.29 is 19.4 Å². The fraction of sp³-hybridized carbons (Fsp3) is 0.333. The summed E-state index contributed by atoms with van der Waals surface area (Å²) >= 11 is 5.86. The Kier molecular flexibility index (Phi) is 5.45. The molecule has 0 saturated carbocycles. The van der Waals surface area contributed by atoms with Crippen LogP contribution < -0.4 is 10.1 Å². The van der Waals surface area contributed by atoms with Crippen molar-refractivity contribution in [2.75, 3.05) is 6.61 Å². The van der Waals surface area contributed by atoms with Gasteiger partial charge in [0.25, 0.3) is 0 Å². The molecule has 18 heavy (non-hydrogen) atoms. The molecule has 0 radical (unpaired) electrons. The third-order valence-electron chi connectivity index (χ3n) is 2.17. The van der Waals surface area contributed by atoms with E-state index in [0.29, 0.717) is 10.8 Å². The number of amides is 1. The molecule has 1 aromatic rings. The summed E-state index contributed by atoms with van der Waals surface area (Å²) in [6.07, 6.45) is 0.0723. The van der Waals surface area contributed by atoms with Gasteiger partial charge in [-0.25, -0.2) is 0 Å². The predicted molar refractivity (Wildman–Crippen MR) is 66.8 cm³/mol. The van der Waals surface area contributed by atoms with Gasteiger partial charge >= 0.3 is 5.97 Å². The number of carbonyl (C=O) groups excluding carboxylic acids is 1. The van der Waals surface area contributed by atoms with Crippen LogP contribution in [-0.2, 0) is 9.59 Å². The lowest BCUT2D eigenvalue weighted by Gasteiger charge is -2.10. The first-order valence-electron chi connectivity index (χ1n) is 5.40. The number of carboxylic acids is 1. The van der Waals surface area contributed by atoms with E-state index in [2.05, 4.69) is 5.32 Å². The zero-order valence-electron chi connectivity index (χ0n) is 9.85. The highest BCUT2D eigenvalue weighted by Gasteiger charge is 2.13. The lowest BCUT2D eigenvalue weighted by Crippen LogP contribution is -2.38. The standard InChI is InChI=1S/C12H14ClNO4/c1-8(12(16)17)14-11(15)6-7-18-10-5-3-2-4-9(10)13/h2-5,8H,6-7H2,1H3,(H,14,15)(H,16,17)/t8-/m1/s1. The molecular formula is C12H14ClNO4. The number of nitrogens with one attached hydrogen (secondary N) is 1. The highest BCUT2D eigenvalue weighted by atomic mass is 35.5. The molecule has 0 saturated heterocycles. The predicted octanol–water partition coefficient (Wildman–Crippen LogP) is 1.70. The molecule has 1 aromatic carbocycles. The number of rotatable bonds is 6. The van der Waals surface area contributed by atoms with Gasteiger partial charge < -0.3 is 15.2 Å². The highest BCUT2D eigenvalue weighted by Crippen LogP contribution is 2.22. The van der Waals surface area contributed by atoms with E-state index in [9.17, 15) is 9.59 Å². The summed E-state index contributed by atoms with van der Waals surface area (Å²) in [6, 6.07) is 6.02. The summed E-state index contributed by atoms with van der Waals surface area (Å²) in [5, 5.41) is 11.4. The third-order valence-corrected chi connectivity index (χ3v) is 2.48. The number of aliphatic carboxylic acids is 1. The van der Waals surface area contributed by atoms with Gasteiger partial charge in [0, 0.05) is 0 Å². The van der Waals surface area contributed by atoms with Crippen molar-refractivity contribution >= 4 is 23.5 Å². The fourth-order valence-corrected chi connectivity index (χ4v) is 1.38. The second kappa shape index (κ2) is 6.86. The molecule has 0 fully saturated rings. The molecule has 0 bridgehead atoms. The lowest BCUT2D eigenvalue weighted by atomic mass is 10.3. The summed E-state index contributed by atoms with van der Waals surface area (Å²) in [4.78, 5) is 21.9. The van der Waals surface area contributed by atoms with Crippen molar-refractivity contribution in [1.82, 2.24) is 5.32 Å². The van der Waals surface area contributed by atoms with Crippen LogP contribution in [0.4, 0.5) is 0 Å². The summed E-state index contributed by atoms with van der Waals surface area (Å²) in [5.41, 5.74) is 0. The number of halogens is 1. The van der Waals surface area contributed by atoms with Gasteiger partial charge in [-0.2, -0.15) is 0 Å².